The summed E-state index contributed by atoms with van der Waals surface area (Å²) in [7, 11) is -3.52. The highest BCUT2D eigenvalue weighted by molar-refractivity contribution is 7.89. The Morgan fingerprint density at radius 2 is 1.77 bits per heavy atom. The average molecular weight is 568 g/mol. The molecule has 1 fully saturated rings. The number of fused-ring (bicyclic) bond motifs is 1. The van der Waals surface area contributed by atoms with E-state index < -0.39 is 22.2 Å². The van der Waals surface area contributed by atoms with Crippen LogP contribution in [0, 0.1) is 5.82 Å². The lowest BCUT2D eigenvalue weighted by atomic mass is 10.2. The van der Waals surface area contributed by atoms with Crippen LogP contribution < -0.4 is 10.6 Å². The van der Waals surface area contributed by atoms with E-state index in [0.29, 0.717) is 41.3 Å². The van der Waals surface area contributed by atoms with Crippen LogP contribution in [0.15, 0.2) is 59.6 Å². The molecule has 2 aromatic carbocycles. The highest BCUT2D eigenvalue weighted by Crippen LogP contribution is 2.26. The molecular weight excluding hydrogens is 546 g/mol. The van der Waals surface area contributed by atoms with Crippen LogP contribution in [0.5, 0.6) is 0 Å². The van der Waals surface area contributed by atoms with E-state index in [9.17, 15) is 26.0 Å². The Balaban J connectivity index is 0.000000448. The van der Waals surface area contributed by atoms with Gasteiger partial charge in [-0.25, -0.2) is 22.6 Å². The number of aliphatic carboxylic acids is 1. The van der Waals surface area contributed by atoms with E-state index in [1.807, 2.05) is 0 Å². The maximum absolute atomic E-state index is 13.6. The number of halogens is 4. The Labute approximate surface area is 218 Å². The second-order valence-electron chi connectivity index (χ2n) is 8.22. The third-order valence-electron chi connectivity index (χ3n) is 5.46. The average Bonchev–Trinajstić information content (AvgIpc) is 3.56. The first-order valence-electron chi connectivity index (χ1n) is 11.3. The molecule has 0 aliphatic carbocycles. The molecule has 0 radical (unpaired) electrons. The summed E-state index contributed by atoms with van der Waals surface area (Å²) in [5, 5.41) is 20.8. The number of sulfonamides is 1. The van der Waals surface area contributed by atoms with Crippen LogP contribution in [0.3, 0.4) is 0 Å². The van der Waals surface area contributed by atoms with E-state index in [1.165, 1.54) is 16.4 Å². The number of carbonyl (C=O) groups is 1. The van der Waals surface area contributed by atoms with Gasteiger partial charge in [-0.15, -0.1) is 0 Å². The fraction of sp³-hybridized carbons (Fsp3) is 0.217. The van der Waals surface area contributed by atoms with Crippen LogP contribution in [0.4, 0.5) is 40.8 Å². The summed E-state index contributed by atoms with van der Waals surface area (Å²) in [6.45, 7) is 1.09. The maximum atomic E-state index is 13.6. The molecule has 0 unspecified atom stereocenters. The van der Waals surface area contributed by atoms with Crippen molar-refractivity contribution in [3.05, 3.63) is 60.5 Å². The first kappa shape index (κ1) is 27.7. The molecule has 1 aliphatic heterocycles. The van der Waals surface area contributed by atoms with E-state index in [2.05, 4.69) is 30.8 Å². The molecule has 0 saturated carbocycles. The number of aromatic amines is 1. The van der Waals surface area contributed by atoms with Crippen molar-refractivity contribution in [1.82, 2.24) is 24.5 Å². The molecule has 2 aromatic heterocycles. The van der Waals surface area contributed by atoms with E-state index in [-0.39, 0.29) is 16.7 Å². The van der Waals surface area contributed by atoms with Gasteiger partial charge in [0.1, 0.15) is 11.6 Å². The van der Waals surface area contributed by atoms with Gasteiger partial charge in [-0.1, -0.05) is 6.07 Å². The third kappa shape index (κ3) is 6.77. The Bertz CT molecular complexity index is 1590. The summed E-state index contributed by atoms with van der Waals surface area (Å²) < 4.78 is 72.5. The second-order valence-corrected chi connectivity index (χ2v) is 10.2. The highest BCUT2D eigenvalue weighted by atomic mass is 32.2. The standard InChI is InChI=1S/C21H20FN7O2S.C2HF3O2/c22-14-6-7-18-17(12-14)20(28-27-18)25-19-8-9-23-21(26-19)24-15-4-3-5-16(13-15)32(30,31)29-10-1-2-11-29;3-2(4,5)1(6)7/h3-9,12-13H,1-2,10-11H2,(H3,23,24,25,26,27,28);(H,6,7). The van der Waals surface area contributed by atoms with Crippen LogP contribution in [-0.4, -0.2) is 63.2 Å². The van der Waals surface area contributed by atoms with Gasteiger partial charge in [0.05, 0.1) is 10.4 Å². The van der Waals surface area contributed by atoms with Gasteiger partial charge >= 0.3 is 12.1 Å². The minimum absolute atomic E-state index is 0.226. The molecule has 16 heteroatoms. The van der Waals surface area contributed by atoms with Crippen LogP contribution >= 0.6 is 0 Å². The third-order valence-corrected chi connectivity index (χ3v) is 7.36. The fourth-order valence-corrected chi connectivity index (χ4v) is 5.20. The lowest BCUT2D eigenvalue weighted by Crippen LogP contribution is -2.27. The first-order chi connectivity index (χ1) is 18.4. The number of H-pyrrole nitrogens is 1. The van der Waals surface area contributed by atoms with Gasteiger partial charge in [-0.3, -0.25) is 5.10 Å². The number of carboxylic acids is 1. The van der Waals surface area contributed by atoms with Crippen molar-refractivity contribution in [2.75, 3.05) is 23.7 Å². The van der Waals surface area contributed by atoms with Crippen LogP contribution in [0.2, 0.25) is 0 Å². The normalized spacial score (nSPS) is 14.1. The SMILES string of the molecule is O=C(O)C(F)(F)F.O=S(=O)(c1cccc(Nc2nccc(Nc3n[nH]c4ccc(F)cc34)n2)c1)N1CCCC1. The number of hydrogen-bond donors (Lipinski definition) is 4. The van der Waals surface area contributed by atoms with Crippen LogP contribution in [0.25, 0.3) is 10.9 Å². The van der Waals surface area contributed by atoms with E-state index in [1.54, 1.807) is 42.6 Å². The molecule has 5 rings (SSSR count). The van der Waals surface area contributed by atoms with Gasteiger partial charge in [0.25, 0.3) is 0 Å². The minimum Gasteiger partial charge on any atom is -0.475 e. The Hall–Kier alpha value is -4.31. The largest absolute Gasteiger partial charge is 0.490 e. The molecule has 1 aliphatic rings. The van der Waals surface area contributed by atoms with Gasteiger partial charge in [0.2, 0.25) is 16.0 Å². The molecule has 1 saturated heterocycles. The van der Waals surface area contributed by atoms with E-state index >= 15 is 0 Å². The number of nitrogens with zero attached hydrogens (tertiary/aromatic N) is 4. The zero-order valence-electron chi connectivity index (χ0n) is 19.9. The summed E-state index contributed by atoms with van der Waals surface area (Å²) in [5.41, 5.74) is 1.24. The van der Waals surface area contributed by atoms with Crippen LogP contribution in [-0.2, 0) is 14.8 Å². The predicted molar refractivity (Wildman–Crippen MR) is 133 cm³/mol. The number of rotatable bonds is 6. The number of aromatic nitrogens is 4. The first-order valence-corrected chi connectivity index (χ1v) is 12.8. The lowest BCUT2D eigenvalue weighted by Gasteiger charge is -2.16. The molecule has 11 nitrogen and oxygen atoms in total. The Morgan fingerprint density at radius 3 is 2.46 bits per heavy atom. The van der Waals surface area contributed by atoms with Gasteiger partial charge in [0.15, 0.2) is 5.82 Å². The zero-order chi connectivity index (χ0) is 28.2. The van der Waals surface area contributed by atoms with Crippen molar-refractivity contribution in [3.63, 3.8) is 0 Å². The lowest BCUT2D eigenvalue weighted by molar-refractivity contribution is -0.192. The predicted octanol–water partition coefficient (Wildman–Crippen LogP) is 4.40. The van der Waals surface area contributed by atoms with Crippen molar-refractivity contribution in [2.45, 2.75) is 23.9 Å². The second kappa shape index (κ2) is 11.2. The smallest absolute Gasteiger partial charge is 0.475 e. The Kier molecular flexibility index (Phi) is 7.96. The summed E-state index contributed by atoms with van der Waals surface area (Å²) in [4.78, 5) is 17.7. The molecule has 4 aromatic rings. The van der Waals surface area contributed by atoms with Gasteiger partial charge in [-0.2, -0.15) is 27.6 Å². The number of benzene rings is 2. The number of carboxylic acid groups (broad SMARTS) is 1. The summed E-state index contributed by atoms with van der Waals surface area (Å²) >= 11 is 0. The Morgan fingerprint density at radius 1 is 1.05 bits per heavy atom. The molecular formula is C23H21F4N7O4S. The number of alkyl halides is 3. The number of nitrogens with one attached hydrogen (secondary N) is 3. The van der Waals surface area contributed by atoms with E-state index in [0.717, 1.165) is 12.8 Å². The quantitative estimate of drug-likeness (QED) is 0.248. The van der Waals surface area contributed by atoms with Gasteiger partial charge < -0.3 is 15.7 Å². The maximum Gasteiger partial charge on any atom is 0.490 e. The fourth-order valence-electron chi connectivity index (χ4n) is 3.63. The molecule has 4 N–H and O–H groups in total. The van der Waals surface area contributed by atoms with Gasteiger partial charge in [0, 0.05) is 30.4 Å². The van der Waals surface area contributed by atoms with Crippen molar-refractivity contribution in [3.8, 4) is 0 Å². The molecule has 39 heavy (non-hydrogen) atoms. The molecule has 0 bridgehead atoms. The molecule has 0 atom stereocenters. The number of anilines is 4. The van der Waals surface area contributed by atoms with Crippen molar-refractivity contribution in [2.24, 2.45) is 0 Å². The molecule has 206 valence electrons. The topological polar surface area (TPSA) is 153 Å². The molecule has 0 spiro atoms. The molecule has 3 heterocycles. The van der Waals surface area contributed by atoms with Gasteiger partial charge in [-0.05, 0) is 55.3 Å². The monoisotopic (exact) mass is 567 g/mol. The minimum atomic E-state index is -5.08. The van der Waals surface area contributed by atoms with Crippen LogP contribution in [0.1, 0.15) is 12.8 Å². The van der Waals surface area contributed by atoms with Crippen molar-refractivity contribution < 1.29 is 35.9 Å². The zero-order valence-corrected chi connectivity index (χ0v) is 20.7. The number of hydrogen-bond acceptors (Lipinski definition) is 8. The van der Waals surface area contributed by atoms with Crippen molar-refractivity contribution in [1.29, 1.82) is 0 Å². The highest BCUT2D eigenvalue weighted by Gasteiger charge is 2.38. The molecule has 0 amide bonds. The summed E-state index contributed by atoms with van der Waals surface area (Å²) in [6, 6.07) is 12.6. The summed E-state index contributed by atoms with van der Waals surface area (Å²) in [6.07, 6.45) is -1.77. The van der Waals surface area contributed by atoms with E-state index in [4.69, 9.17) is 9.90 Å². The summed E-state index contributed by atoms with van der Waals surface area (Å²) in [5.74, 6) is -1.97. The van der Waals surface area contributed by atoms with Crippen molar-refractivity contribution >= 4 is 50.2 Å².